The number of aryl methyl sites for hydroxylation is 1. The maximum absolute atomic E-state index is 11.7. The fourth-order valence-corrected chi connectivity index (χ4v) is 1.68. The molecule has 2 rings (SSSR count). The number of H-pyrrole nitrogens is 1. The van der Waals surface area contributed by atoms with Gasteiger partial charge in [0.1, 0.15) is 5.75 Å². The molecule has 0 aliphatic heterocycles. The number of nitrogens with one attached hydrogen (secondary N) is 1. The molecular formula is C11H8Cl2N2O2. The number of halogens is 2. The van der Waals surface area contributed by atoms with Crippen LogP contribution in [0, 0.1) is 6.92 Å². The van der Waals surface area contributed by atoms with Gasteiger partial charge in [-0.3, -0.25) is 5.10 Å². The van der Waals surface area contributed by atoms with Crippen molar-refractivity contribution in [3.05, 3.63) is 45.7 Å². The quantitative estimate of drug-likeness (QED) is 0.673. The second kappa shape index (κ2) is 4.77. The molecule has 0 saturated heterocycles. The molecule has 0 bridgehead atoms. The second-order valence-electron chi connectivity index (χ2n) is 3.40. The molecule has 0 atom stereocenters. The number of benzene rings is 1. The number of nitrogens with zero attached hydrogens (tertiary/aromatic N) is 1. The van der Waals surface area contributed by atoms with Crippen molar-refractivity contribution in [2.45, 2.75) is 6.92 Å². The summed E-state index contributed by atoms with van der Waals surface area (Å²) in [7, 11) is 0. The average molecular weight is 271 g/mol. The summed E-state index contributed by atoms with van der Waals surface area (Å²) >= 11 is 11.6. The topological polar surface area (TPSA) is 55.0 Å². The number of carbonyl (C=O) groups is 1. The highest BCUT2D eigenvalue weighted by Crippen LogP contribution is 2.27. The summed E-state index contributed by atoms with van der Waals surface area (Å²) in [6.07, 6.45) is 0. The molecule has 0 unspecified atom stereocenters. The van der Waals surface area contributed by atoms with Crippen LogP contribution in [0.4, 0.5) is 0 Å². The van der Waals surface area contributed by atoms with Crippen LogP contribution in [0.5, 0.6) is 5.75 Å². The van der Waals surface area contributed by atoms with Gasteiger partial charge < -0.3 is 4.74 Å². The standard InChI is InChI=1S/C11H8Cl2N2O2/c1-6-4-9(15-14-6)11(16)17-10-3-2-7(12)5-8(10)13/h2-5H,1H3,(H,14,15). The van der Waals surface area contributed by atoms with Crippen LogP contribution in [0.25, 0.3) is 0 Å². The Morgan fingerprint density at radius 1 is 1.35 bits per heavy atom. The van der Waals surface area contributed by atoms with Gasteiger partial charge in [0.25, 0.3) is 0 Å². The lowest BCUT2D eigenvalue weighted by molar-refractivity contribution is 0.0728. The van der Waals surface area contributed by atoms with Crippen molar-refractivity contribution in [1.29, 1.82) is 0 Å². The van der Waals surface area contributed by atoms with Crippen molar-refractivity contribution in [2.75, 3.05) is 0 Å². The highest BCUT2D eigenvalue weighted by atomic mass is 35.5. The molecule has 0 amide bonds. The van der Waals surface area contributed by atoms with Crippen LogP contribution in [0.2, 0.25) is 10.0 Å². The predicted molar refractivity (Wildman–Crippen MR) is 64.7 cm³/mol. The summed E-state index contributed by atoms with van der Waals surface area (Å²) in [6.45, 7) is 1.79. The van der Waals surface area contributed by atoms with Gasteiger partial charge in [0.05, 0.1) is 5.02 Å². The third kappa shape index (κ3) is 2.78. The fraction of sp³-hybridized carbons (Fsp3) is 0.0909. The Labute approximate surface area is 107 Å². The van der Waals surface area contributed by atoms with E-state index in [4.69, 9.17) is 27.9 Å². The molecule has 6 heteroatoms. The molecule has 88 valence electrons. The number of aromatic amines is 1. The number of hydrogen-bond donors (Lipinski definition) is 1. The molecule has 4 nitrogen and oxygen atoms in total. The summed E-state index contributed by atoms with van der Waals surface area (Å²) in [5, 5.41) is 7.20. The number of ether oxygens (including phenoxy) is 1. The minimum Gasteiger partial charge on any atom is -0.420 e. The Kier molecular flexibility index (Phi) is 3.36. The summed E-state index contributed by atoms with van der Waals surface area (Å²) in [6, 6.07) is 6.21. The fourth-order valence-electron chi connectivity index (χ4n) is 1.23. The maximum Gasteiger partial charge on any atom is 0.364 e. The van der Waals surface area contributed by atoms with Gasteiger partial charge in [-0.1, -0.05) is 23.2 Å². The van der Waals surface area contributed by atoms with Gasteiger partial charge in [0, 0.05) is 10.7 Å². The molecule has 1 aromatic heterocycles. The molecule has 0 aliphatic carbocycles. The molecule has 17 heavy (non-hydrogen) atoms. The first-order chi connectivity index (χ1) is 8.06. The summed E-state index contributed by atoms with van der Waals surface area (Å²) in [5.74, 6) is -0.319. The van der Waals surface area contributed by atoms with E-state index in [1.54, 1.807) is 19.1 Å². The number of hydrogen-bond acceptors (Lipinski definition) is 3. The van der Waals surface area contributed by atoms with Crippen LogP contribution in [0.3, 0.4) is 0 Å². The van der Waals surface area contributed by atoms with Crippen molar-refractivity contribution >= 4 is 29.2 Å². The molecule has 1 aromatic carbocycles. The van der Waals surface area contributed by atoms with Crippen LogP contribution >= 0.6 is 23.2 Å². The van der Waals surface area contributed by atoms with Gasteiger partial charge in [0.2, 0.25) is 0 Å². The number of carbonyl (C=O) groups excluding carboxylic acids is 1. The van der Waals surface area contributed by atoms with E-state index in [0.29, 0.717) is 5.02 Å². The van der Waals surface area contributed by atoms with Crippen molar-refractivity contribution in [3.63, 3.8) is 0 Å². The largest absolute Gasteiger partial charge is 0.420 e. The second-order valence-corrected chi connectivity index (χ2v) is 4.24. The van der Waals surface area contributed by atoms with Gasteiger partial charge in [-0.15, -0.1) is 0 Å². The van der Waals surface area contributed by atoms with E-state index in [-0.39, 0.29) is 16.5 Å². The Balaban J connectivity index is 2.18. The first-order valence-corrected chi connectivity index (χ1v) is 5.51. The zero-order valence-electron chi connectivity index (χ0n) is 8.83. The van der Waals surface area contributed by atoms with E-state index >= 15 is 0 Å². The first kappa shape index (κ1) is 12.0. The number of esters is 1. The van der Waals surface area contributed by atoms with E-state index in [2.05, 4.69) is 10.2 Å². The Morgan fingerprint density at radius 3 is 2.71 bits per heavy atom. The van der Waals surface area contributed by atoms with Crippen LogP contribution in [0.15, 0.2) is 24.3 Å². The molecule has 1 heterocycles. The summed E-state index contributed by atoms with van der Waals surface area (Å²) in [5.41, 5.74) is 0.979. The Hall–Kier alpha value is -1.52. The number of rotatable bonds is 2. The summed E-state index contributed by atoms with van der Waals surface area (Å²) < 4.78 is 5.09. The molecular weight excluding hydrogens is 263 g/mol. The molecule has 2 aromatic rings. The van der Waals surface area contributed by atoms with Crippen molar-refractivity contribution in [1.82, 2.24) is 10.2 Å². The van der Waals surface area contributed by atoms with Gasteiger partial charge in [-0.2, -0.15) is 5.10 Å². The van der Waals surface area contributed by atoms with E-state index < -0.39 is 5.97 Å². The molecule has 1 N–H and O–H groups in total. The first-order valence-electron chi connectivity index (χ1n) is 4.75. The smallest absolute Gasteiger partial charge is 0.364 e. The minimum atomic E-state index is -0.571. The lowest BCUT2D eigenvalue weighted by Gasteiger charge is -2.04. The summed E-state index contributed by atoms with van der Waals surface area (Å²) in [4.78, 5) is 11.7. The van der Waals surface area contributed by atoms with Crippen molar-refractivity contribution < 1.29 is 9.53 Å². The Bertz CT molecular complexity index is 566. The monoisotopic (exact) mass is 270 g/mol. The highest BCUT2D eigenvalue weighted by molar-refractivity contribution is 6.35. The average Bonchev–Trinajstić information content (AvgIpc) is 2.69. The number of aromatic nitrogens is 2. The van der Waals surface area contributed by atoms with Gasteiger partial charge in [0.15, 0.2) is 5.69 Å². The molecule has 0 fully saturated rings. The molecule has 0 saturated carbocycles. The van der Waals surface area contributed by atoms with E-state index in [1.165, 1.54) is 12.1 Å². The predicted octanol–water partition coefficient (Wildman–Crippen LogP) is 3.24. The van der Waals surface area contributed by atoms with Crippen molar-refractivity contribution in [3.8, 4) is 5.75 Å². The zero-order valence-corrected chi connectivity index (χ0v) is 10.3. The lowest BCUT2D eigenvalue weighted by atomic mass is 10.3. The molecule has 0 radical (unpaired) electrons. The lowest BCUT2D eigenvalue weighted by Crippen LogP contribution is -2.09. The van der Waals surface area contributed by atoms with E-state index in [0.717, 1.165) is 5.69 Å². The van der Waals surface area contributed by atoms with Crippen LogP contribution in [-0.2, 0) is 0 Å². The molecule has 0 aliphatic rings. The third-order valence-corrected chi connectivity index (χ3v) is 2.54. The van der Waals surface area contributed by atoms with Crippen LogP contribution < -0.4 is 4.74 Å². The van der Waals surface area contributed by atoms with Crippen LogP contribution in [0.1, 0.15) is 16.2 Å². The van der Waals surface area contributed by atoms with Crippen LogP contribution in [-0.4, -0.2) is 16.2 Å². The van der Waals surface area contributed by atoms with Gasteiger partial charge in [-0.05, 0) is 31.2 Å². The molecule has 0 spiro atoms. The van der Waals surface area contributed by atoms with Crippen molar-refractivity contribution in [2.24, 2.45) is 0 Å². The van der Waals surface area contributed by atoms with Gasteiger partial charge >= 0.3 is 5.97 Å². The Morgan fingerprint density at radius 2 is 2.12 bits per heavy atom. The van der Waals surface area contributed by atoms with E-state index in [9.17, 15) is 4.79 Å². The van der Waals surface area contributed by atoms with E-state index in [1.807, 2.05) is 0 Å². The highest BCUT2D eigenvalue weighted by Gasteiger charge is 2.13. The maximum atomic E-state index is 11.7. The minimum absolute atomic E-state index is 0.202. The third-order valence-electron chi connectivity index (χ3n) is 2.01. The SMILES string of the molecule is Cc1cc(C(=O)Oc2ccc(Cl)cc2Cl)n[nH]1. The van der Waals surface area contributed by atoms with Gasteiger partial charge in [-0.25, -0.2) is 4.79 Å². The normalized spacial score (nSPS) is 10.3. The zero-order chi connectivity index (χ0) is 12.4.